The Hall–Kier alpha value is -1.35. The smallest absolute Gasteiger partial charge is 0.328 e. The minimum atomic E-state index is -1.02. The maximum atomic E-state index is 13.1. The molecule has 15 heavy (non-hydrogen) atoms. The summed E-state index contributed by atoms with van der Waals surface area (Å²) in [7, 11) is 0. The molecule has 0 saturated carbocycles. The molecule has 0 saturated heterocycles. The number of allylic oxidation sites excluding steroid dienone is 1. The standard InChI is InChI=1S/C11H8ClFO2/c12-10-5-7(13)4-9-6(3-11(14)15)1-2-8(9)10/h3-5H,1-2H2,(H,14,15)/b6-3-. The summed E-state index contributed by atoms with van der Waals surface area (Å²) >= 11 is 5.86. The van der Waals surface area contributed by atoms with Crippen molar-refractivity contribution in [3.05, 3.63) is 40.2 Å². The molecule has 1 aliphatic rings. The molecule has 2 nitrogen and oxygen atoms in total. The fourth-order valence-corrected chi connectivity index (χ4v) is 2.14. The number of carbonyl (C=O) groups is 1. The Balaban J connectivity index is 2.55. The summed E-state index contributed by atoms with van der Waals surface area (Å²) in [5, 5.41) is 9.01. The Bertz CT molecular complexity index is 466. The minimum absolute atomic E-state index is 0.374. The second-order valence-electron chi connectivity index (χ2n) is 3.42. The van der Waals surface area contributed by atoms with Crippen LogP contribution in [0.25, 0.3) is 5.57 Å². The van der Waals surface area contributed by atoms with Gasteiger partial charge in [-0.05, 0) is 41.7 Å². The summed E-state index contributed by atoms with van der Waals surface area (Å²) in [5.74, 6) is -1.45. The van der Waals surface area contributed by atoms with Gasteiger partial charge in [0.15, 0.2) is 0 Å². The van der Waals surface area contributed by atoms with Gasteiger partial charge in [-0.25, -0.2) is 9.18 Å². The zero-order valence-electron chi connectivity index (χ0n) is 7.76. The Morgan fingerprint density at radius 1 is 1.47 bits per heavy atom. The molecule has 0 aromatic heterocycles. The second-order valence-corrected chi connectivity index (χ2v) is 3.83. The van der Waals surface area contributed by atoms with Crippen LogP contribution in [0.2, 0.25) is 5.02 Å². The van der Waals surface area contributed by atoms with E-state index in [1.165, 1.54) is 12.1 Å². The molecule has 0 bridgehead atoms. The molecule has 0 heterocycles. The van der Waals surface area contributed by atoms with E-state index in [-0.39, 0.29) is 0 Å². The molecular weight excluding hydrogens is 219 g/mol. The molecule has 1 N–H and O–H groups in total. The van der Waals surface area contributed by atoms with Gasteiger partial charge in [0.25, 0.3) is 0 Å². The third-order valence-electron chi connectivity index (χ3n) is 2.45. The van der Waals surface area contributed by atoms with Crippen molar-refractivity contribution in [1.29, 1.82) is 0 Å². The van der Waals surface area contributed by atoms with Crippen molar-refractivity contribution < 1.29 is 14.3 Å². The van der Waals surface area contributed by atoms with Crippen LogP contribution in [0.1, 0.15) is 17.5 Å². The first kappa shape index (κ1) is 10.2. The summed E-state index contributed by atoms with van der Waals surface area (Å²) in [5.41, 5.74) is 2.10. The SMILES string of the molecule is O=C(O)/C=C1/CCc2c(Cl)cc(F)cc21. The number of rotatable bonds is 1. The van der Waals surface area contributed by atoms with E-state index >= 15 is 0 Å². The molecule has 0 spiro atoms. The predicted octanol–water partition coefficient (Wildman–Crippen LogP) is 2.89. The highest BCUT2D eigenvalue weighted by Crippen LogP contribution is 2.36. The van der Waals surface area contributed by atoms with Crippen molar-refractivity contribution >= 4 is 23.1 Å². The van der Waals surface area contributed by atoms with Crippen LogP contribution < -0.4 is 0 Å². The highest BCUT2D eigenvalue weighted by atomic mass is 35.5. The van der Waals surface area contributed by atoms with Crippen LogP contribution in [0, 0.1) is 5.82 Å². The quantitative estimate of drug-likeness (QED) is 0.748. The van der Waals surface area contributed by atoms with Crippen LogP contribution in [-0.4, -0.2) is 11.1 Å². The number of hydrogen-bond acceptors (Lipinski definition) is 1. The fraction of sp³-hybridized carbons (Fsp3) is 0.182. The average Bonchev–Trinajstić information content (AvgIpc) is 2.48. The van der Waals surface area contributed by atoms with E-state index in [1.54, 1.807) is 0 Å². The third kappa shape index (κ3) is 1.88. The highest BCUT2D eigenvalue weighted by molar-refractivity contribution is 6.31. The van der Waals surface area contributed by atoms with E-state index in [9.17, 15) is 9.18 Å². The number of fused-ring (bicyclic) bond motifs is 1. The van der Waals surface area contributed by atoms with Gasteiger partial charge >= 0.3 is 5.97 Å². The predicted molar refractivity (Wildman–Crippen MR) is 55.3 cm³/mol. The average molecular weight is 227 g/mol. The molecule has 0 amide bonds. The van der Waals surface area contributed by atoms with Crippen LogP contribution in [0.5, 0.6) is 0 Å². The maximum Gasteiger partial charge on any atom is 0.328 e. The fourth-order valence-electron chi connectivity index (χ4n) is 1.84. The van der Waals surface area contributed by atoms with Crippen LogP contribution in [0.3, 0.4) is 0 Å². The zero-order valence-corrected chi connectivity index (χ0v) is 8.51. The van der Waals surface area contributed by atoms with Gasteiger partial charge in [-0.3, -0.25) is 0 Å². The summed E-state index contributed by atoms with van der Waals surface area (Å²) in [6.45, 7) is 0. The molecule has 1 aromatic rings. The topological polar surface area (TPSA) is 37.3 Å². The van der Waals surface area contributed by atoms with Crippen molar-refractivity contribution in [2.24, 2.45) is 0 Å². The minimum Gasteiger partial charge on any atom is -0.478 e. The van der Waals surface area contributed by atoms with Gasteiger partial charge in [-0.15, -0.1) is 0 Å². The van der Waals surface area contributed by atoms with Crippen molar-refractivity contribution in [3.8, 4) is 0 Å². The van der Waals surface area contributed by atoms with Gasteiger partial charge in [-0.1, -0.05) is 11.6 Å². The van der Waals surface area contributed by atoms with Crippen molar-refractivity contribution in [3.63, 3.8) is 0 Å². The molecule has 1 aliphatic carbocycles. The number of carboxylic acid groups (broad SMARTS) is 1. The normalized spacial score (nSPS) is 16.8. The first-order valence-electron chi connectivity index (χ1n) is 4.49. The molecule has 78 valence electrons. The lowest BCUT2D eigenvalue weighted by Crippen LogP contribution is -1.91. The highest BCUT2D eigenvalue weighted by Gasteiger charge is 2.20. The lowest BCUT2D eigenvalue weighted by atomic mass is 10.1. The Morgan fingerprint density at radius 3 is 2.87 bits per heavy atom. The van der Waals surface area contributed by atoms with Crippen molar-refractivity contribution in [2.45, 2.75) is 12.8 Å². The summed E-state index contributed by atoms with van der Waals surface area (Å²) in [6.07, 6.45) is 2.39. The van der Waals surface area contributed by atoms with Gasteiger partial charge in [0, 0.05) is 11.1 Å². The monoisotopic (exact) mass is 226 g/mol. The van der Waals surface area contributed by atoms with Crippen molar-refractivity contribution in [2.75, 3.05) is 0 Å². The van der Waals surface area contributed by atoms with E-state index in [0.29, 0.717) is 29.0 Å². The van der Waals surface area contributed by atoms with Crippen LogP contribution in [0.15, 0.2) is 18.2 Å². The first-order valence-corrected chi connectivity index (χ1v) is 4.87. The molecule has 4 heteroatoms. The summed E-state index contributed by atoms with van der Waals surface area (Å²) in [4.78, 5) is 10.5. The van der Waals surface area contributed by atoms with Crippen LogP contribution in [0.4, 0.5) is 4.39 Å². The third-order valence-corrected chi connectivity index (χ3v) is 2.79. The summed E-state index contributed by atoms with van der Waals surface area (Å²) in [6, 6.07) is 2.59. The number of hydrogen-bond donors (Lipinski definition) is 1. The van der Waals surface area contributed by atoms with E-state index in [1.807, 2.05) is 0 Å². The van der Waals surface area contributed by atoms with Gasteiger partial charge in [-0.2, -0.15) is 0 Å². The largest absolute Gasteiger partial charge is 0.478 e. The zero-order chi connectivity index (χ0) is 11.0. The molecule has 0 fully saturated rings. The number of benzene rings is 1. The number of carboxylic acids is 1. The lowest BCUT2D eigenvalue weighted by Gasteiger charge is -2.02. The van der Waals surface area contributed by atoms with E-state index in [0.717, 1.165) is 11.6 Å². The van der Waals surface area contributed by atoms with E-state index in [2.05, 4.69) is 0 Å². The van der Waals surface area contributed by atoms with Crippen LogP contribution >= 0.6 is 11.6 Å². The number of halogens is 2. The van der Waals surface area contributed by atoms with E-state index < -0.39 is 11.8 Å². The first-order chi connectivity index (χ1) is 7.08. The maximum absolute atomic E-state index is 13.1. The second kappa shape index (κ2) is 3.66. The lowest BCUT2D eigenvalue weighted by molar-refractivity contribution is -0.131. The van der Waals surface area contributed by atoms with Gasteiger partial charge < -0.3 is 5.11 Å². The summed E-state index contributed by atoms with van der Waals surface area (Å²) < 4.78 is 13.1. The molecule has 0 radical (unpaired) electrons. The Labute approximate surface area is 91.0 Å². The van der Waals surface area contributed by atoms with Gasteiger partial charge in [0.2, 0.25) is 0 Å². The Morgan fingerprint density at radius 2 is 2.20 bits per heavy atom. The molecule has 0 atom stereocenters. The number of aliphatic carboxylic acids is 1. The van der Waals surface area contributed by atoms with Crippen LogP contribution in [-0.2, 0) is 11.2 Å². The Kier molecular flexibility index (Phi) is 2.49. The molecular formula is C11H8ClFO2. The molecule has 0 aliphatic heterocycles. The molecule has 2 rings (SSSR count). The molecule has 0 unspecified atom stereocenters. The van der Waals surface area contributed by atoms with Crippen molar-refractivity contribution in [1.82, 2.24) is 0 Å². The van der Waals surface area contributed by atoms with E-state index in [4.69, 9.17) is 16.7 Å². The van der Waals surface area contributed by atoms with Gasteiger partial charge in [0.1, 0.15) is 5.82 Å². The van der Waals surface area contributed by atoms with Gasteiger partial charge in [0.05, 0.1) is 0 Å². The molecule has 1 aromatic carbocycles.